The lowest BCUT2D eigenvalue weighted by atomic mass is 9.90. The van der Waals surface area contributed by atoms with Gasteiger partial charge in [0.05, 0.1) is 18.4 Å². The highest BCUT2D eigenvalue weighted by Gasteiger charge is 2.48. The van der Waals surface area contributed by atoms with Gasteiger partial charge in [-0.2, -0.15) is 0 Å². The molecule has 11 heteroatoms. The summed E-state index contributed by atoms with van der Waals surface area (Å²) in [6.07, 6.45) is -7.78. The molecule has 0 radical (unpaired) electrons. The average Bonchev–Trinajstić information content (AvgIpc) is 3.07. The zero-order chi connectivity index (χ0) is 19.9. The maximum absolute atomic E-state index is 11.5. The summed E-state index contributed by atoms with van der Waals surface area (Å²) in [6, 6.07) is 0. The van der Waals surface area contributed by atoms with Crippen molar-refractivity contribution in [3.8, 4) is 0 Å². The van der Waals surface area contributed by atoms with Gasteiger partial charge in [0.25, 0.3) is 0 Å². The van der Waals surface area contributed by atoms with Crippen molar-refractivity contribution >= 4 is 11.9 Å². The lowest BCUT2D eigenvalue weighted by Crippen LogP contribution is -2.60. The molecule has 1 aliphatic carbocycles. The Balaban J connectivity index is 1.88. The van der Waals surface area contributed by atoms with E-state index >= 15 is 0 Å². The van der Waals surface area contributed by atoms with Gasteiger partial charge in [-0.1, -0.05) is 0 Å². The number of carbonyl (C=O) groups is 2. The van der Waals surface area contributed by atoms with Crippen molar-refractivity contribution in [2.45, 2.75) is 49.8 Å². The standard InChI is InChI=1S/C16H20O11/c17-3-8-10(18)11(19)12(20)16(26-8)27-15-9-5(1-2-6(9)13(21)22)7(4-25-15)14(23)24/h4-5,8,10-12,15-20H,1-3H2,(H,21,22)(H,23,24)/t5-,8-,10-,11+,12-,15+,16+/m1/s1. The molecule has 2 aliphatic heterocycles. The zero-order valence-corrected chi connectivity index (χ0v) is 14.0. The summed E-state index contributed by atoms with van der Waals surface area (Å²) in [4.78, 5) is 22.9. The Morgan fingerprint density at radius 1 is 1.11 bits per heavy atom. The predicted molar refractivity (Wildman–Crippen MR) is 82.8 cm³/mol. The normalized spacial score (nSPS) is 38.8. The molecule has 0 unspecified atom stereocenters. The molecule has 27 heavy (non-hydrogen) atoms. The number of aliphatic hydroxyl groups is 4. The third-order valence-electron chi connectivity index (χ3n) is 4.97. The van der Waals surface area contributed by atoms with E-state index in [2.05, 4.69) is 0 Å². The fraction of sp³-hybridized carbons (Fsp3) is 0.625. The fourth-order valence-electron chi connectivity index (χ4n) is 3.56. The van der Waals surface area contributed by atoms with Crippen LogP contribution >= 0.6 is 0 Å². The number of carboxylic acids is 2. The number of carboxylic acid groups (broad SMARTS) is 2. The fourth-order valence-corrected chi connectivity index (χ4v) is 3.56. The number of rotatable bonds is 5. The number of hydrogen-bond donors (Lipinski definition) is 6. The van der Waals surface area contributed by atoms with Crippen molar-refractivity contribution < 1.29 is 54.4 Å². The highest BCUT2D eigenvalue weighted by atomic mass is 16.8. The van der Waals surface area contributed by atoms with Gasteiger partial charge in [-0.3, -0.25) is 0 Å². The maximum atomic E-state index is 11.5. The van der Waals surface area contributed by atoms with Crippen molar-refractivity contribution in [3.05, 3.63) is 23.0 Å². The molecular weight excluding hydrogens is 368 g/mol. The number of fused-ring (bicyclic) bond motifs is 1. The first kappa shape index (κ1) is 19.7. The monoisotopic (exact) mass is 388 g/mol. The van der Waals surface area contributed by atoms with Crippen LogP contribution in [0.25, 0.3) is 0 Å². The minimum Gasteiger partial charge on any atom is -0.478 e. The Bertz CT molecular complexity index is 682. The van der Waals surface area contributed by atoms with E-state index in [-0.39, 0.29) is 29.6 Å². The van der Waals surface area contributed by atoms with E-state index in [1.165, 1.54) is 0 Å². The lowest BCUT2D eigenvalue weighted by Gasteiger charge is -2.41. The molecule has 7 atom stereocenters. The summed E-state index contributed by atoms with van der Waals surface area (Å²) in [7, 11) is 0. The van der Waals surface area contributed by atoms with Gasteiger partial charge in [0.2, 0.25) is 6.29 Å². The molecule has 0 aromatic heterocycles. The molecule has 2 heterocycles. The summed E-state index contributed by atoms with van der Waals surface area (Å²) < 4.78 is 16.0. The Morgan fingerprint density at radius 3 is 2.41 bits per heavy atom. The van der Waals surface area contributed by atoms with Crippen molar-refractivity contribution in [2.24, 2.45) is 5.92 Å². The van der Waals surface area contributed by atoms with Crippen LogP contribution in [0.4, 0.5) is 0 Å². The minimum atomic E-state index is -1.70. The van der Waals surface area contributed by atoms with Crippen LogP contribution in [0.2, 0.25) is 0 Å². The van der Waals surface area contributed by atoms with E-state index in [4.69, 9.17) is 14.2 Å². The van der Waals surface area contributed by atoms with E-state index in [1.54, 1.807) is 0 Å². The van der Waals surface area contributed by atoms with Crippen LogP contribution in [0.15, 0.2) is 23.0 Å². The number of hydrogen-bond acceptors (Lipinski definition) is 9. The summed E-state index contributed by atoms with van der Waals surface area (Å²) >= 11 is 0. The Kier molecular flexibility index (Phi) is 5.51. The third-order valence-corrected chi connectivity index (χ3v) is 4.97. The smallest absolute Gasteiger partial charge is 0.335 e. The van der Waals surface area contributed by atoms with Gasteiger partial charge in [-0.05, 0) is 12.8 Å². The number of aliphatic hydroxyl groups excluding tert-OH is 4. The Labute approximate surface area is 152 Å². The molecule has 150 valence electrons. The van der Waals surface area contributed by atoms with Crippen LogP contribution in [-0.2, 0) is 23.8 Å². The predicted octanol–water partition coefficient (Wildman–Crippen LogP) is -2.08. The molecule has 0 aromatic carbocycles. The molecule has 1 fully saturated rings. The molecular formula is C16H20O11. The van der Waals surface area contributed by atoms with Crippen molar-refractivity contribution in [3.63, 3.8) is 0 Å². The quantitative estimate of drug-likeness (QED) is 0.304. The second kappa shape index (κ2) is 7.54. The van der Waals surface area contributed by atoms with E-state index in [1.807, 2.05) is 0 Å². The molecule has 0 amide bonds. The van der Waals surface area contributed by atoms with E-state index in [0.29, 0.717) is 0 Å². The lowest BCUT2D eigenvalue weighted by molar-refractivity contribution is -0.327. The van der Waals surface area contributed by atoms with Crippen LogP contribution in [0, 0.1) is 5.92 Å². The Hall–Kier alpha value is -2.02. The Morgan fingerprint density at radius 2 is 1.81 bits per heavy atom. The summed E-state index contributed by atoms with van der Waals surface area (Å²) in [5.41, 5.74) is -0.0734. The highest BCUT2D eigenvalue weighted by molar-refractivity contribution is 5.92. The van der Waals surface area contributed by atoms with Crippen LogP contribution in [0.5, 0.6) is 0 Å². The van der Waals surface area contributed by atoms with Gasteiger partial charge in [-0.25, -0.2) is 9.59 Å². The SMILES string of the molecule is O=C(O)C1=CO[C@@H](O[C@@H]2O[C@H](CO)[C@@H](O)[C@H](O)[C@H]2O)C2=C(C(=O)O)CC[C@H]12. The van der Waals surface area contributed by atoms with Gasteiger partial charge in [0.15, 0.2) is 6.29 Å². The van der Waals surface area contributed by atoms with Crippen molar-refractivity contribution in [2.75, 3.05) is 6.61 Å². The molecule has 3 aliphatic rings. The van der Waals surface area contributed by atoms with E-state index < -0.39 is 61.5 Å². The summed E-state index contributed by atoms with van der Waals surface area (Å²) in [5, 5.41) is 57.6. The molecule has 0 spiro atoms. The van der Waals surface area contributed by atoms with Crippen LogP contribution in [0.3, 0.4) is 0 Å². The number of ether oxygens (including phenoxy) is 3. The molecule has 11 nitrogen and oxygen atoms in total. The first-order valence-corrected chi connectivity index (χ1v) is 8.27. The second-order valence-electron chi connectivity index (χ2n) is 6.51. The molecule has 1 saturated heterocycles. The van der Waals surface area contributed by atoms with Gasteiger partial charge in [0.1, 0.15) is 24.4 Å². The first-order chi connectivity index (χ1) is 12.8. The van der Waals surface area contributed by atoms with Crippen LogP contribution in [0.1, 0.15) is 12.8 Å². The zero-order valence-electron chi connectivity index (χ0n) is 14.0. The molecule has 6 N–H and O–H groups in total. The highest BCUT2D eigenvalue weighted by Crippen LogP contribution is 2.43. The second-order valence-corrected chi connectivity index (χ2v) is 6.51. The van der Waals surface area contributed by atoms with E-state index in [9.17, 15) is 40.2 Å². The topological polar surface area (TPSA) is 183 Å². The first-order valence-electron chi connectivity index (χ1n) is 8.27. The van der Waals surface area contributed by atoms with Gasteiger partial charge in [-0.15, -0.1) is 0 Å². The molecule has 0 aromatic rings. The average molecular weight is 388 g/mol. The van der Waals surface area contributed by atoms with Gasteiger partial charge in [0, 0.05) is 17.1 Å². The van der Waals surface area contributed by atoms with Crippen LogP contribution < -0.4 is 0 Å². The molecule has 0 bridgehead atoms. The third kappa shape index (κ3) is 3.45. The van der Waals surface area contributed by atoms with Gasteiger partial charge < -0.3 is 44.8 Å². The van der Waals surface area contributed by atoms with Crippen molar-refractivity contribution in [1.82, 2.24) is 0 Å². The summed E-state index contributed by atoms with van der Waals surface area (Å²) in [6.45, 7) is -0.662. The maximum Gasteiger partial charge on any atom is 0.335 e. The van der Waals surface area contributed by atoms with Crippen LogP contribution in [-0.4, -0.2) is 86.2 Å². The molecule has 0 saturated carbocycles. The van der Waals surface area contributed by atoms with Gasteiger partial charge >= 0.3 is 11.9 Å². The molecule has 3 rings (SSSR count). The minimum absolute atomic E-state index is 0.0542. The summed E-state index contributed by atoms with van der Waals surface area (Å²) in [5.74, 6) is -3.24. The van der Waals surface area contributed by atoms with E-state index in [0.717, 1.165) is 6.26 Å². The van der Waals surface area contributed by atoms with Crippen molar-refractivity contribution in [1.29, 1.82) is 0 Å². The largest absolute Gasteiger partial charge is 0.478 e. The number of aliphatic carboxylic acids is 2.